The number of nitrogens with zero attached hydrogens (tertiary/aromatic N) is 2. The summed E-state index contributed by atoms with van der Waals surface area (Å²) in [4.78, 5) is 17.9. The lowest BCUT2D eigenvalue weighted by atomic mass is 10.1. The van der Waals surface area contributed by atoms with E-state index in [9.17, 15) is 4.79 Å². The van der Waals surface area contributed by atoms with Gasteiger partial charge in [-0.3, -0.25) is 9.20 Å². The Hall–Kier alpha value is -3.60. The van der Waals surface area contributed by atoms with Crippen LogP contribution in [0.5, 0.6) is 5.75 Å². The zero-order valence-corrected chi connectivity index (χ0v) is 15.8. The van der Waals surface area contributed by atoms with Crippen LogP contribution in [0.2, 0.25) is 0 Å². The van der Waals surface area contributed by atoms with Crippen molar-refractivity contribution in [3.8, 4) is 17.0 Å². The molecule has 0 spiro atoms. The van der Waals surface area contributed by atoms with Crippen LogP contribution in [-0.4, -0.2) is 21.9 Å². The van der Waals surface area contributed by atoms with E-state index < -0.39 is 0 Å². The molecule has 1 amide bonds. The van der Waals surface area contributed by atoms with Gasteiger partial charge in [-0.25, -0.2) is 4.98 Å². The number of aromatic nitrogens is 2. The number of aryl methyl sites for hydroxylation is 1. The molecule has 5 nitrogen and oxygen atoms in total. The molecule has 0 radical (unpaired) electrons. The molecule has 0 atom stereocenters. The maximum absolute atomic E-state index is 13.1. The van der Waals surface area contributed by atoms with Crippen molar-refractivity contribution in [1.82, 2.24) is 9.38 Å². The van der Waals surface area contributed by atoms with Gasteiger partial charge in [-0.1, -0.05) is 48.5 Å². The van der Waals surface area contributed by atoms with Crippen molar-refractivity contribution in [1.29, 1.82) is 0 Å². The Bertz CT molecular complexity index is 1130. The number of fused-ring (bicyclic) bond motifs is 1. The summed E-state index contributed by atoms with van der Waals surface area (Å²) in [6.07, 6.45) is 1.91. The standard InChI is InChI=1S/C23H21N3O2/c1-3-28-19-14-8-7-13-18(19)23(27)25-22-20(17-11-5-4-6-12-17)24-21-16(2)10-9-15-26(21)22/h4-15H,3H2,1-2H3,(H,25,27). The summed E-state index contributed by atoms with van der Waals surface area (Å²) in [5, 5.41) is 3.06. The highest BCUT2D eigenvalue weighted by Gasteiger charge is 2.19. The van der Waals surface area contributed by atoms with E-state index in [1.165, 1.54) is 0 Å². The minimum Gasteiger partial charge on any atom is -0.493 e. The Kier molecular flexibility index (Phi) is 4.81. The number of para-hydroxylation sites is 1. The normalized spacial score (nSPS) is 10.8. The Morgan fingerprint density at radius 1 is 1.04 bits per heavy atom. The van der Waals surface area contributed by atoms with Crippen molar-refractivity contribution in [2.75, 3.05) is 11.9 Å². The molecule has 2 aromatic carbocycles. The average Bonchev–Trinajstić information content (AvgIpc) is 3.09. The van der Waals surface area contributed by atoms with Gasteiger partial charge in [0.15, 0.2) is 0 Å². The Balaban J connectivity index is 1.82. The largest absolute Gasteiger partial charge is 0.493 e. The smallest absolute Gasteiger partial charge is 0.260 e. The topological polar surface area (TPSA) is 55.6 Å². The summed E-state index contributed by atoms with van der Waals surface area (Å²) in [6, 6.07) is 21.1. The number of amides is 1. The molecule has 140 valence electrons. The quantitative estimate of drug-likeness (QED) is 0.539. The predicted molar refractivity (Wildman–Crippen MR) is 111 cm³/mol. The summed E-state index contributed by atoms with van der Waals surface area (Å²) in [5.74, 6) is 0.972. The van der Waals surface area contributed by atoms with Gasteiger partial charge in [0.05, 0.1) is 12.2 Å². The summed E-state index contributed by atoms with van der Waals surface area (Å²) < 4.78 is 7.53. The second kappa shape index (κ2) is 7.56. The summed E-state index contributed by atoms with van der Waals surface area (Å²) in [7, 11) is 0. The second-order valence-corrected chi connectivity index (χ2v) is 6.44. The maximum atomic E-state index is 13.1. The summed E-state index contributed by atoms with van der Waals surface area (Å²) in [5.41, 5.74) is 4.02. The number of anilines is 1. The van der Waals surface area contributed by atoms with Gasteiger partial charge in [0.25, 0.3) is 5.91 Å². The molecule has 0 aliphatic heterocycles. The molecular weight excluding hydrogens is 350 g/mol. The number of nitrogens with one attached hydrogen (secondary N) is 1. The molecule has 1 N–H and O–H groups in total. The molecule has 2 heterocycles. The van der Waals surface area contributed by atoms with Gasteiger partial charge < -0.3 is 10.1 Å². The molecule has 0 saturated carbocycles. The average molecular weight is 371 g/mol. The number of carbonyl (C=O) groups is 1. The van der Waals surface area contributed by atoms with Crippen molar-refractivity contribution >= 4 is 17.4 Å². The van der Waals surface area contributed by atoms with Crippen LogP contribution in [0.25, 0.3) is 16.9 Å². The molecule has 0 fully saturated rings. The first kappa shape index (κ1) is 17.8. The predicted octanol–water partition coefficient (Wildman–Crippen LogP) is 4.96. The van der Waals surface area contributed by atoms with E-state index in [0.717, 1.165) is 22.5 Å². The van der Waals surface area contributed by atoms with E-state index in [1.807, 2.05) is 79.0 Å². The SMILES string of the molecule is CCOc1ccccc1C(=O)Nc1c(-c2ccccc2)nc2c(C)cccn12. The Morgan fingerprint density at radius 2 is 1.79 bits per heavy atom. The fourth-order valence-corrected chi connectivity index (χ4v) is 3.23. The van der Waals surface area contributed by atoms with E-state index in [2.05, 4.69) is 5.32 Å². The molecule has 5 heteroatoms. The van der Waals surface area contributed by atoms with Crippen LogP contribution in [0.1, 0.15) is 22.8 Å². The highest BCUT2D eigenvalue weighted by Crippen LogP contribution is 2.30. The van der Waals surface area contributed by atoms with E-state index in [4.69, 9.17) is 9.72 Å². The maximum Gasteiger partial charge on any atom is 0.260 e. The lowest BCUT2D eigenvalue weighted by molar-refractivity contribution is 0.102. The minimum atomic E-state index is -0.232. The van der Waals surface area contributed by atoms with Gasteiger partial charge in [-0.05, 0) is 37.6 Å². The number of benzene rings is 2. The first-order valence-corrected chi connectivity index (χ1v) is 9.25. The van der Waals surface area contributed by atoms with Crippen LogP contribution < -0.4 is 10.1 Å². The van der Waals surface area contributed by atoms with E-state index >= 15 is 0 Å². The number of ether oxygens (including phenoxy) is 1. The molecular formula is C23H21N3O2. The lowest BCUT2D eigenvalue weighted by Gasteiger charge is -2.11. The molecule has 0 saturated heterocycles. The molecule has 0 aliphatic carbocycles. The number of imidazole rings is 1. The molecule has 0 bridgehead atoms. The van der Waals surface area contributed by atoms with E-state index in [1.54, 1.807) is 12.1 Å². The number of pyridine rings is 1. The van der Waals surface area contributed by atoms with E-state index in [0.29, 0.717) is 23.7 Å². The molecule has 28 heavy (non-hydrogen) atoms. The third kappa shape index (κ3) is 3.22. The monoisotopic (exact) mass is 371 g/mol. The molecule has 2 aromatic heterocycles. The minimum absolute atomic E-state index is 0.232. The van der Waals surface area contributed by atoms with Crippen LogP contribution in [0, 0.1) is 6.92 Å². The van der Waals surface area contributed by atoms with Crippen molar-refractivity contribution < 1.29 is 9.53 Å². The number of carbonyl (C=O) groups excluding carboxylic acids is 1. The Morgan fingerprint density at radius 3 is 2.57 bits per heavy atom. The van der Waals surface area contributed by atoms with Gasteiger partial charge in [-0.2, -0.15) is 0 Å². The summed E-state index contributed by atoms with van der Waals surface area (Å²) >= 11 is 0. The zero-order valence-electron chi connectivity index (χ0n) is 15.8. The summed E-state index contributed by atoms with van der Waals surface area (Å²) in [6.45, 7) is 4.40. The third-order valence-electron chi connectivity index (χ3n) is 4.56. The zero-order chi connectivity index (χ0) is 19.5. The molecule has 4 rings (SSSR count). The fraction of sp³-hybridized carbons (Fsp3) is 0.130. The first-order chi connectivity index (χ1) is 13.7. The van der Waals surface area contributed by atoms with E-state index in [-0.39, 0.29) is 5.91 Å². The fourth-order valence-electron chi connectivity index (χ4n) is 3.23. The van der Waals surface area contributed by atoms with Crippen molar-refractivity contribution in [2.24, 2.45) is 0 Å². The highest BCUT2D eigenvalue weighted by atomic mass is 16.5. The first-order valence-electron chi connectivity index (χ1n) is 9.25. The van der Waals surface area contributed by atoms with Crippen molar-refractivity contribution in [3.05, 3.63) is 84.1 Å². The number of hydrogen-bond acceptors (Lipinski definition) is 3. The lowest BCUT2D eigenvalue weighted by Crippen LogP contribution is -2.15. The van der Waals surface area contributed by atoms with Gasteiger partial charge in [-0.15, -0.1) is 0 Å². The van der Waals surface area contributed by atoms with Gasteiger partial charge in [0.2, 0.25) is 0 Å². The second-order valence-electron chi connectivity index (χ2n) is 6.44. The van der Waals surface area contributed by atoms with Gasteiger partial charge in [0.1, 0.15) is 22.9 Å². The molecule has 4 aromatic rings. The number of hydrogen-bond donors (Lipinski definition) is 1. The molecule has 0 unspecified atom stereocenters. The van der Waals surface area contributed by atoms with Crippen LogP contribution >= 0.6 is 0 Å². The van der Waals surface area contributed by atoms with Crippen LogP contribution in [0.15, 0.2) is 72.9 Å². The van der Waals surface area contributed by atoms with Crippen molar-refractivity contribution in [3.63, 3.8) is 0 Å². The van der Waals surface area contributed by atoms with Crippen LogP contribution in [0.4, 0.5) is 5.82 Å². The van der Waals surface area contributed by atoms with Crippen LogP contribution in [0.3, 0.4) is 0 Å². The van der Waals surface area contributed by atoms with Crippen LogP contribution in [-0.2, 0) is 0 Å². The van der Waals surface area contributed by atoms with Gasteiger partial charge in [0, 0.05) is 11.8 Å². The van der Waals surface area contributed by atoms with Gasteiger partial charge >= 0.3 is 0 Å². The van der Waals surface area contributed by atoms with Crippen molar-refractivity contribution in [2.45, 2.75) is 13.8 Å². The molecule has 0 aliphatic rings. The Labute approximate surface area is 163 Å². The number of rotatable bonds is 5. The highest BCUT2D eigenvalue weighted by molar-refractivity contribution is 6.07. The third-order valence-corrected chi connectivity index (χ3v) is 4.56.